The van der Waals surface area contributed by atoms with Crippen LogP contribution in [0.25, 0.3) is 16.0 Å². The van der Waals surface area contributed by atoms with Crippen LogP contribution in [0.4, 0.5) is 0 Å². The van der Waals surface area contributed by atoms with Gasteiger partial charge in [0.15, 0.2) is 0 Å². The summed E-state index contributed by atoms with van der Waals surface area (Å²) in [5, 5.41) is 4.74. The van der Waals surface area contributed by atoms with Crippen LogP contribution < -0.4 is 0 Å². The predicted octanol–water partition coefficient (Wildman–Crippen LogP) is 4.66. The van der Waals surface area contributed by atoms with E-state index in [9.17, 15) is 4.79 Å². The maximum Gasteiger partial charge on any atom is 0.273 e. The number of amides is 1. The molecule has 3 aromatic rings. The SMILES string of the molecule is CN(CC=Cc1ccccc1)C(=O)c1csc(-c2cccs2)n1. The molecule has 2 aromatic heterocycles. The van der Waals surface area contributed by atoms with Crippen LogP contribution in [0.15, 0.2) is 59.3 Å². The van der Waals surface area contributed by atoms with Crippen molar-refractivity contribution in [3.05, 3.63) is 70.6 Å². The van der Waals surface area contributed by atoms with Gasteiger partial charge >= 0.3 is 0 Å². The number of nitrogens with zero attached hydrogens (tertiary/aromatic N) is 2. The second kappa shape index (κ2) is 7.35. The van der Waals surface area contributed by atoms with Crippen molar-refractivity contribution in [3.63, 3.8) is 0 Å². The molecule has 0 aliphatic heterocycles. The van der Waals surface area contributed by atoms with E-state index in [2.05, 4.69) is 4.98 Å². The Morgan fingerprint density at radius 1 is 1.17 bits per heavy atom. The fourth-order valence-electron chi connectivity index (χ4n) is 2.07. The van der Waals surface area contributed by atoms with E-state index in [4.69, 9.17) is 0 Å². The molecule has 0 N–H and O–H groups in total. The summed E-state index contributed by atoms with van der Waals surface area (Å²) in [6.07, 6.45) is 4.00. The van der Waals surface area contributed by atoms with E-state index >= 15 is 0 Å². The lowest BCUT2D eigenvalue weighted by atomic mass is 10.2. The number of benzene rings is 1. The smallest absolute Gasteiger partial charge is 0.273 e. The third-order valence-corrected chi connectivity index (χ3v) is 5.17. The van der Waals surface area contributed by atoms with Crippen molar-refractivity contribution in [3.8, 4) is 9.88 Å². The summed E-state index contributed by atoms with van der Waals surface area (Å²) in [4.78, 5) is 19.6. The average Bonchev–Trinajstić information content (AvgIpc) is 3.26. The van der Waals surface area contributed by atoms with Gasteiger partial charge in [-0.3, -0.25) is 4.79 Å². The van der Waals surface area contributed by atoms with Crippen molar-refractivity contribution in [2.75, 3.05) is 13.6 Å². The van der Waals surface area contributed by atoms with Gasteiger partial charge in [-0.2, -0.15) is 0 Å². The molecule has 0 unspecified atom stereocenters. The van der Waals surface area contributed by atoms with E-state index < -0.39 is 0 Å². The van der Waals surface area contributed by atoms with Gasteiger partial charge in [0.2, 0.25) is 0 Å². The van der Waals surface area contributed by atoms with Crippen LogP contribution in [0.5, 0.6) is 0 Å². The van der Waals surface area contributed by atoms with Gasteiger partial charge in [0, 0.05) is 19.0 Å². The number of rotatable bonds is 5. The Bertz CT molecular complexity index is 792. The zero-order valence-electron chi connectivity index (χ0n) is 12.7. The lowest BCUT2D eigenvalue weighted by Crippen LogP contribution is -2.27. The van der Waals surface area contributed by atoms with Gasteiger partial charge in [0.1, 0.15) is 10.7 Å². The molecule has 0 saturated heterocycles. The van der Waals surface area contributed by atoms with E-state index in [0.717, 1.165) is 15.4 Å². The lowest BCUT2D eigenvalue weighted by Gasteiger charge is -2.13. The molecule has 23 heavy (non-hydrogen) atoms. The summed E-state index contributed by atoms with van der Waals surface area (Å²) in [7, 11) is 1.79. The Morgan fingerprint density at radius 3 is 2.74 bits per heavy atom. The van der Waals surface area contributed by atoms with Crippen LogP contribution in [-0.4, -0.2) is 29.4 Å². The van der Waals surface area contributed by atoms with E-state index in [-0.39, 0.29) is 5.91 Å². The molecule has 0 fully saturated rings. The molecule has 0 radical (unpaired) electrons. The van der Waals surface area contributed by atoms with Crippen molar-refractivity contribution in [1.82, 2.24) is 9.88 Å². The largest absolute Gasteiger partial charge is 0.337 e. The molecular formula is C18H16N2OS2. The summed E-state index contributed by atoms with van der Waals surface area (Å²) >= 11 is 3.14. The van der Waals surface area contributed by atoms with E-state index in [1.165, 1.54) is 11.3 Å². The first kappa shape index (κ1) is 15.6. The van der Waals surface area contributed by atoms with Crippen LogP contribution in [0.3, 0.4) is 0 Å². The normalized spacial score (nSPS) is 11.0. The summed E-state index contributed by atoms with van der Waals surface area (Å²) in [5.74, 6) is -0.0539. The van der Waals surface area contributed by atoms with Crippen LogP contribution in [-0.2, 0) is 0 Å². The van der Waals surface area contributed by atoms with Crippen LogP contribution in [0, 0.1) is 0 Å². The predicted molar refractivity (Wildman–Crippen MR) is 97.9 cm³/mol. The van der Waals surface area contributed by atoms with Crippen molar-refractivity contribution >= 4 is 34.7 Å². The van der Waals surface area contributed by atoms with Gasteiger partial charge in [-0.1, -0.05) is 48.6 Å². The Balaban J connectivity index is 1.62. The van der Waals surface area contributed by atoms with Gasteiger partial charge in [-0.25, -0.2) is 4.98 Å². The van der Waals surface area contributed by atoms with Crippen molar-refractivity contribution < 1.29 is 4.79 Å². The quantitative estimate of drug-likeness (QED) is 0.677. The van der Waals surface area contributed by atoms with E-state index in [0.29, 0.717) is 12.2 Å². The van der Waals surface area contributed by atoms with Crippen LogP contribution in [0.2, 0.25) is 0 Å². The summed E-state index contributed by atoms with van der Waals surface area (Å²) in [5.41, 5.74) is 1.64. The minimum Gasteiger partial charge on any atom is -0.337 e. The van der Waals surface area contributed by atoms with Gasteiger partial charge in [0.05, 0.1) is 4.88 Å². The molecule has 116 valence electrons. The average molecular weight is 340 g/mol. The zero-order chi connectivity index (χ0) is 16.1. The number of thiazole rings is 1. The third-order valence-electron chi connectivity index (χ3n) is 3.29. The third kappa shape index (κ3) is 3.94. The number of carbonyl (C=O) groups is 1. The number of hydrogen-bond donors (Lipinski definition) is 0. The number of thiophene rings is 1. The standard InChI is InChI=1S/C18H16N2OS2/c1-20(11-5-9-14-7-3-2-4-8-14)18(21)15-13-23-17(19-15)16-10-6-12-22-16/h2-10,12-13H,11H2,1H3. The molecule has 0 bridgehead atoms. The highest BCUT2D eigenvalue weighted by molar-refractivity contribution is 7.20. The van der Waals surface area contributed by atoms with Gasteiger partial charge in [-0.05, 0) is 17.0 Å². The van der Waals surface area contributed by atoms with Crippen LogP contribution >= 0.6 is 22.7 Å². The molecule has 1 aromatic carbocycles. The molecule has 0 atom stereocenters. The Hall–Kier alpha value is -2.24. The first-order valence-electron chi connectivity index (χ1n) is 7.20. The fraction of sp³-hybridized carbons (Fsp3) is 0.111. The molecule has 1 amide bonds. The first-order chi connectivity index (χ1) is 11.2. The highest BCUT2D eigenvalue weighted by atomic mass is 32.1. The molecule has 5 heteroatoms. The van der Waals surface area contributed by atoms with Crippen molar-refractivity contribution in [1.29, 1.82) is 0 Å². The summed E-state index contributed by atoms with van der Waals surface area (Å²) in [6, 6.07) is 14.1. The Kier molecular flexibility index (Phi) is 5.00. The Morgan fingerprint density at radius 2 is 2.00 bits per heavy atom. The second-order valence-electron chi connectivity index (χ2n) is 5.01. The summed E-state index contributed by atoms with van der Waals surface area (Å²) < 4.78 is 0. The molecule has 2 heterocycles. The number of carbonyl (C=O) groups excluding carboxylic acids is 1. The number of hydrogen-bond acceptors (Lipinski definition) is 4. The molecule has 0 saturated carbocycles. The lowest BCUT2D eigenvalue weighted by molar-refractivity contribution is 0.0805. The summed E-state index contributed by atoms with van der Waals surface area (Å²) in [6.45, 7) is 0.555. The fourth-order valence-corrected chi connectivity index (χ4v) is 3.68. The molecule has 0 aliphatic carbocycles. The van der Waals surface area contributed by atoms with Gasteiger partial charge < -0.3 is 4.90 Å². The van der Waals surface area contributed by atoms with Gasteiger partial charge in [-0.15, -0.1) is 22.7 Å². The molecule has 3 rings (SSSR count). The van der Waals surface area contributed by atoms with Crippen LogP contribution in [0.1, 0.15) is 16.1 Å². The monoisotopic (exact) mass is 340 g/mol. The molecular weight excluding hydrogens is 324 g/mol. The molecule has 0 spiro atoms. The molecule has 3 nitrogen and oxygen atoms in total. The van der Waals surface area contributed by atoms with Gasteiger partial charge in [0.25, 0.3) is 5.91 Å². The first-order valence-corrected chi connectivity index (χ1v) is 8.96. The highest BCUT2D eigenvalue weighted by Gasteiger charge is 2.15. The maximum atomic E-state index is 12.4. The minimum atomic E-state index is -0.0539. The number of likely N-dealkylation sites (N-methyl/N-ethyl adjacent to an activating group) is 1. The van der Waals surface area contributed by atoms with E-state index in [1.54, 1.807) is 23.3 Å². The number of aromatic nitrogens is 1. The second-order valence-corrected chi connectivity index (χ2v) is 6.82. The Labute approximate surface area is 143 Å². The maximum absolute atomic E-state index is 12.4. The van der Waals surface area contributed by atoms with Crippen molar-refractivity contribution in [2.45, 2.75) is 0 Å². The minimum absolute atomic E-state index is 0.0539. The molecule has 0 aliphatic rings. The van der Waals surface area contributed by atoms with E-state index in [1.807, 2.05) is 65.4 Å². The topological polar surface area (TPSA) is 33.2 Å². The highest BCUT2D eigenvalue weighted by Crippen LogP contribution is 2.28. The zero-order valence-corrected chi connectivity index (χ0v) is 14.3. The van der Waals surface area contributed by atoms with Crippen molar-refractivity contribution in [2.24, 2.45) is 0 Å².